The number of urea groups is 1. The average molecular weight is 408 g/mol. The average Bonchev–Trinajstić information content (AvgIpc) is 2.99. The van der Waals surface area contributed by atoms with Crippen LogP contribution in [0.15, 0.2) is 60.7 Å². The fourth-order valence-electron chi connectivity index (χ4n) is 4.48. The first-order valence-corrected chi connectivity index (χ1v) is 10.6. The first kappa shape index (κ1) is 20.6. The second-order valence-electron chi connectivity index (χ2n) is 8.26. The highest BCUT2D eigenvalue weighted by Gasteiger charge is 2.51. The van der Waals surface area contributed by atoms with Crippen LogP contribution in [0.5, 0.6) is 0 Å². The molecule has 6 heteroatoms. The lowest BCUT2D eigenvalue weighted by Crippen LogP contribution is -2.52. The van der Waals surface area contributed by atoms with Crippen molar-refractivity contribution in [2.75, 3.05) is 26.9 Å². The Hall–Kier alpha value is -2.70. The van der Waals surface area contributed by atoms with E-state index in [1.165, 1.54) is 4.90 Å². The molecule has 0 saturated carbocycles. The molecule has 2 fully saturated rings. The summed E-state index contributed by atoms with van der Waals surface area (Å²) in [5.41, 5.74) is 1.10. The maximum Gasteiger partial charge on any atom is 0.326 e. The summed E-state index contributed by atoms with van der Waals surface area (Å²) < 4.78 is 5.43. The van der Waals surface area contributed by atoms with Crippen molar-refractivity contribution < 1.29 is 14.3 Å². The molecule has 0 aromatic heterocycles. The third-order valence-electron chi connectivity index (χ3n) is 6.15. The van der Waals surface area contributed by atoms with E-state index < -0.39 is 5.54 Å². The van der Waals surface area contributed by atoms with Gasteiger partial charge in [0.1, 0.15) is 5.54 Å². The monoisotopic (exact) mass is 407 g/mol. The summed E-state index contributed by atoms with van der Waals surface area (Å²) in [6, 6.07) is 19.5. The van der Waals surface area contributed by atoms with E-state index in [9.17, 15) is 9.59 Å². The van der Waals surface area contributed by atoms with Gasteiger partial charge in [-0.25, -0.2) is 9.69 Å². The van der Waals surface area contributed by atoms with Crippen molar-refractivity contribution in [3.63, 3.8) is 0 Å². The van der Waals surface area contributed by atoms with E-state index in [-0.39, 0.29) is 18.0 Å². The zero-order chi connectivity index (χ0) is 21.0. The largest absolute Gasteiger partial charge is 0.381 e. The van der Waals surface area contributed by atoms with E-state index in [2.05, 4.69) is 10.2 Å². The SMILES string of the molecule is COC1CCN(CN2C(=O)NC(Cc3ccccc3)(Cc3ccccc3)C2=O)CC1. The predicted octanol–water partition coefficient (Wildman–Crippen LogP) is 2.83. The Morgan fingerprint density at radius 2 is 1.47 bits per heavy atom. The molecule has 2 aromatic carbocycles. The standard InChI is InChI=1S/C24H29N3O3/c1-30-21-12-14-26(15-13-21)18-27-22(28)24(25-23(27)29,16-19-8-4-2-5-9-19)17-20-10-6-3-7-11-20/h2-11,21H,12-18H2,1H3,(H,25,29). The van der Waals surface area contributed by atoms with E-state index in [0.29, 0.717) is 19.5 Å². The number of nitrogens with zero attached hydrogens (tertiary/aromatic N) is 2. The Morgan fingerprint density at radius 1 is 0.933 bits per heavy atom. The van der Waals surface area contributed by atoms with Gasteiger partial charge in [-0.3, -0.25) is 9.69 Å². The van der Waals surface area contributed by atoms with Gasteiger partial charge >= 0.3 is 6.03 Å². The second kappa shape index (κ2) is 8.98. The van der Waals surface area contributed by atoms with Crippen LogP contribution >= 0.6 is 0 Å². The normalized spacial score (nSPS) is 19.8. The smallest absolute Gasteiger partial charge is 0.326 e. The Balaban J connectivity index is 1.55. The molecule has 2 aliphatic rings. The Morgan fingerprint density at radius 3 is 1.97 bits per heavy atom. The number of benzene rings is 2. The fraction of sp³-hybridized carbons (Fsp3) is 0.417. The number of ether oxygens (including phenoxy) is 1. The van der Waals surface area contributed by atoms with Crippen molar-refractivity contribution in [3.05, 3.63) is 71.8 Å². The zero-order valence-corrected chi connectivity index (χ0v) is 17.4. The van der Waals surface area contributed by atoms with Crippen molar-refractivity contribution in [2.45, 2.75) is 37.3 Å². The van der Waals surface area contributed by atoms with E-state index in [4.69, 9.17) is 4.74 Å². The molecule has 30 heavy (non-hydrogen) atoms. The number of nitrogens with one attached hydrogen (secondary N) is 1. The van der Waals surface area contributed by atoms with Crippen LogP contribution in [0.2, 0.25) is 0 Å². The van der Waals surface area contributed by atoms with Gasteiger partial charge < -0.3 is 10.1 Å². The Labute approximate surface area is 177 Å². The summed E-state index contributed by atoms with van der Waals surface area (Å²) in [6.07, 6.45) is 3.03. The highest BCUT2D eigenvalue weighted by Crippen LogP contribution is 2.28. The molecule has 158 valence electrons. The number of amides is 3. The molecule has 0 bridgehead atoms. The molecule has 0 radical (unpaired) electrons. The van der Waals surface area contributed by atoms with Gasteiger partial charge in [0.05, 0.1) is 12.8 Å². The number of methoxy groups -OCH3 is 1. The van der Waals surface area contributed by atoms with Crippen LogP contribution in [0.1, 0.15) is 24.0 Å². The summed E-state index contributed by atoms with van der Waals surface area (Å²) in [6.45, 7) is 1.96. The number of piperidine rings is 1. The topological polar surface area (TPSA) is 61.9 Å². The van der Waals surface area contributed by atoms with Gasteiger partial charge in [0, 0.05) is 33.0 Å². The van der Waals surface area contributed by atoms with Crippen LogP contribution in [0.4, 0.5) is 4.79 Å². The van der Waals surface area contributed by atoms with Crippen LogP contribution in [0, 0.1) is 0 Å². The highest BCUT2D eigenvalue weighted by atomic mass is 16.5. The maximum absolute atomic E-state index is 13.6. The molecule has 2 aromatic rings. The molecule has 0 atom stereocenters. The Kier molecular flexibility index (Phi) is 6.16. The van der Waals surface area contributed by atoms with Gasteiger partial charge in [-0.15, -0.1) is 0 Å². The second-order valence-corrected chi connectivity index (χ2v) is 8.26. The first-order valence-electron chi connectivity index (χ1n) is 10.6. The lowest BCUT2D eigenvalue weighted by atomic mass is 9.84. The quantitative estimate of drug-likeness (QED) is 0.717. The van der Waals surface area contributed by atoms with Crippen molar-refractivity contribution in [3.8, 4) is 0 Å². The first-order chi connectivity index (χ1) is 14.6. The summed E-state index contributed by atoms with van der Waals surface area (Å²) >= 11 is 0. The van der Waals surface area contributed by atoms with Crippen LogP contribution in [-0.4, -0.2) is 60.2 Å². The van der Waals surface area contributed by atoms with Crippen LogP contribution in [0.3, 0.4) is 0 Å². The molecule has 6 nitrogen and oxygen atoms in total. The van der Waals surface area contributed by atoms with Crippen molar-refractivity contribution in [2.24, 2.45) is 0 Å². The molecular formula is C24H29N3O3. The van der Waals surface area contributed by atoms with Gasteiger partial charge in [0.15, 0.2) is 0 Å². The minimum absolute atomic E-state index is 0.144. The number of rotatable bonds is 7. The molecule has 3 amide bonds. The number of carbonyl (C=O) groups is 2. The summed E-state index contributed by atoms with van der Waals surface area (Å²) in [7, 11) is 1.74. The highest BCUT2D eigenvalue weighted by molar-refractivity contribution is 6.07. The van der Waals surface area contributed by atoms with Gasteiger partial charge in [0.25, 0.3) is 5.91 Å². The minimum Gasteiger partial charge on any atom is -0.381 e. The van der Waals surface area contributed by atoms with Gasteiger partial charge in [-0.05, 0) is 24.0 Å². The van der Waals surface area contributed by atoms with E-state index in [1.807, 2.05) is 60.7 Å². The fourth-order valence-corrected chi connectivity index (χ4v) is 4.48. The van der Waals surface area contributed by atoms with E-state index >= 15 is 0 Å². The Bertz CT molecular complexity index is 822. The number of carbonyl (C=O) groups excluding carboxylic acids is 2. The van der Waals surface area contributed by atoms with Crippen LogP contribution in [-0.2, 0) is 22.4 Å². The third-order valence-corrected chi connectivity index (χ3v) is 6.15. The summed E-state index contributed by atoms with van der Waals surface area (Å²) in [4.78, 5) is 30.1. The van der Waals surface area contributed by atoms with Gasteiger partial charge in [0.2, 0.25) is 0 Å². The molecule has 0 unspecified atom stereocenters. The van der Waals surface area contributed by atoms with Crippen molar-refractivity contribution >= 4 is 11.9 Å². The molecule has 2 saturated heterocycles. The number of hydrogen-bond donors (Lipinski definition) is 1. The van der Waals surface area contributed by atoms with E-state index in [1.54, 1.807) is 7.11 Å². The lowest BCUT2D eigenvalue weighted by Gasteiger charge is -2.33. The molecular weight excluding hydrogens is 378 g/mol. The predicted molar refractivity (Wildman–Crippen MR) is 115 cm³/mol. The van der Waals surface area contributed by atoms with Crippen molar-refractivity contribution in [1.29, 1.82) is 0 Å². The molecule has 4 rings (SSSR count). The van der Waals surface area contributed by atoms with E-state index in [0.717, 1.165) is 37.1 Å². The molecule has 2 heterocycles. The number of hydrogen-bond acceptors (Lipinski definition) is 4. The van der Waals surface area contributed by atoms with Crippen molar-refractivity contribution in [1.82, 2.24) is 15.1 Å². The summed E-state index contributed by atoms with van der Waals surface area (Å²) in [5, 5.41) is 3.06. The molecule has 0 aliphatic carbocycles. The maximum atomic E-state index is 13.6. The van der Waals surface area contributed by atoms with Crippen LogP contribution in [0.25, 0.3) is 0 Å². The van der Waals surface area contributed by atoms with Gasteiger partial charge in [-0.1, -0.05) is 60.7 Å². The molecule has 1 N–H and O–H groups in total. The number of imide groups is 1. The molecule has 2 aliphatic heterocycles. The van der Waals surface area contributed by atoms with Crippen LogP contribution < -0.4 is 5.32 Å². The van der Waals surface area contributed by atoms with Gasteiger partial charge in [-0.2, -0.15) is 0 Å². The number of likely N-dealkylation sites (tertiary alicyclic amines) is 1. The zero-order valence-electron chi connectivity index (χ0n) is 17.4. The third kappa shape index (κ3) is 4.40. The minimum atomic E-state index is -0.968. The molecule has 0 spiro atoms. The summed E-state index contributed by atoms with van der Waals surface area (Å²) in [5.74, 6) is -0.144. The lowest BCUT2D eigenvalue weighted by molar-refractivity contribution is -0.133.